The monoisotopic (exact) mass is 432 g/mol. The third-order valence-electron chi connectivity index (χ3n) is 5.35. The summed E-state index contributed by atoms with van der Waals surface area (Å²) in [6.45, 7) is 10.1. The number of hydrogen-bond acceptors (Lipinski definition) is 4. The molecule has 0 saturated carbocycles. The highest BCUT2D eigenvalue weighted by Crippen LogP contribution is 2.24. The number of nitrogens with zero attached hydrogens (tertiary/aromatic N) is 1. The van der Waals surface area contributed by atoms with Crippen molar-refractivity contribution in [1.29, 1.82) is 0 Å². The maximum atomic E-state index is 12.8. The summed E-state index contributed by atoms with van der Waals surface area (Å²) in [5, 5.41) is 3.05. The van der Waals surface area contributed by atoms with Crippen molar-refractivity contribution in [2.75, 3.05) is 17.6 Å². The summed E-state index contributed by atoms with van der Waals surface area (Å²) in [5.41, 5.74) is 5.19. The number of ether oxygens (including phenoxy) is 1. The SMILES string of the molecule is CCC(Oc1ccc(N(C)S(C)(=O)=O)cc1)C(=O)NC(C)c1cc(C)c(C)cc1C. The highest BCUT2D eigenvalue weighted by Gasteiger charge is 2.22. The smallest absolute Gasteiger partial charge is 0.261 e. The molecule has 164 valence electrons. The highest BCUT2D eigenvalue weighted by atomic mass is 32.2. The van der Waals surface area contributed by atoms with Gasteiger partial charge in [-0.2, -0.15) is 0 Å². The molecule has 2 unspecified atom stereocenters. The lowest BCUT2D eigenvalue weighted by Crippen LogP contribution is -2.39. The molecule has 1 N–H and O–H groups in total. The number of rotatable bonds is 8. The molecule has 0 aliphatic carbocycles. The van der Waals surface area contributed by atoms with E-state index in [2.05, 4.69) is 31.3 Å². The quantitative estimate of drug-likeness (QED) is 0.683. The van der Waals surface area contributed by atoms with Crippen LogP contribution in [0.1, 0.15) is 48.6 Å². The number of sulfonamides is 1. The van der Waals surface area contributed by atoms with Crippen LogP contribution in [0.4, 0.5) is 5.69 Å². The summed E-state index contributed by atoms with van der Waals surface area (Å²) in [6, 6.07) is 10.8. The standard InChI is InChI=1S/C23H32N2O4S/c1-8-22(29-20-11-9-19(10-12-20)25(6)30(7,27)28)23(26)24-18(5)21-14-16(3)15(2)13-17(21)4/h9-14,18,22H,8H2,1-7H3,(H,24,26). The fourth-order valence-corrected chi connectivity index (χ4v) is 3.75. The largest absolute Gasteiger partial charge is 0.481 e. The molecule has 0 heterocycles. The number of nitrogens with one attached hydrogen (secondary N) is 1. The molecule has 0 saturated heterocycles. The number of benzene rings is 2. The van der Waals surface area contributed by atoms with Crippen molar-refractivity contribution in [1.82, 2.24) is 5.32 Å². The third kappa shape index (κ3) is 5.75. The van der Waals surface area contributed by atoms with E-state index in [0.29, 0.717) is 17.9 Å². The van der Waals surface area contributed by atoms with E-state index in [1.165, 1.54) is 22.5 Å². The Morgan fingerprint density at radius 3 is 2.17 bits per heavy atom. The van der Waals surface area contributed by atoms with E-state index in [1.807, 2.05) is 20.8 Å². The van der Waals surface area contributed by atoms with E-state index in [9.17, 15) is 13.2 Å². The normalized spacial score (nSPS) is 13.4. The molecule has 2 aromatic carbocycles. The zero-order valence-corrected chi connectivity index (χ0v) is 19.6. The molecular weight excluding hydrogens is 400 g/mol. The van der Waals surface area contributed by atoms with Gasteiger partial charge < -0.3 is 10.1 Å². The Kier molecular flexibility index (Phi) is 7.53. The van der Waals surface area contributed by atoms with E-state index in [0.717, 1.165) is 17.4 Å². The van der Waals surface area contributed by atoms with E-state index >= 15 is 0 Å². The first-order valence-corrected chi connectivity index (χ1v) is 11.9. The van der Waals surface area contributed by atoms with Gasteiger partial charge in [-0.25, -0.2) is 8.42 Å². The van der Waals surface area contributed by atoms with E-state index < -0.39 is 16.1 Å². The third-order valence-corrected chi connectivity index (χ3v) is 6.55. The van der Waals surface area contributed by atoms with Crippen molar-refractivity contribution in [2.45, 2.75) is 53.2 Å². The van der Waals surface area contributed by atoms with Gasteiger partial charge in [0.1, 0.15) is 5.75 Å². The number of anilines is 1. The van der Waals surface area contributed by atoms with Gasteiger partial charge in [-0.3, -0.25) is 9.10 Å². The van der Waals surface area contributed by atoms with Crippen LogP contribution in [0.5, 0.6) is 5.75 Å². The van der Waals surface area contributed by atoms with Gasteiger partial charge >= 0.3 is 0 Å². The molecule has 0 fully saturated rings. The number of carbonyl (C=O) groups is 1. The van der Waals surface area contributed by atoms with E-state index in [1.54, 1.807) is 24.3 Å². The van der Waals surface area contributed by atoms with Crippen molar-refractivity contribution < 1.29 is 17.9 Å². The van der Waals surface area contributed by atoms with Crippen LogP contribution in [-0.4, -0.2) is 33.7 Å². The van der Waals surface area contributed by atoms with Gasteiger partial charge in [-0.15, -0.1) is 0 Å². The molecule has 1 amide bonds. The summed E-state index contributed by atoms with van der Waals surface area (Å²) in [6.07, 6.45) is 1.01. The molecule has 7 heteroatoms. The number of aryl methyl sites for hydroxylation is 3. The Labute approximate surface area is 180 Å². The molecule has 2 atom stereocenters. The number of hydrogen-bond donors (Lipinski definition) is 1. The minimum absolute atomic E-state index is 0.139. The van der Waals surface area contributed by atoms with Crippen LogP contribution in [0.2, 0.25) is 0 Å². The van der Waals surface area contributed by atoms with Gasteiger partial charge in [0, 0.05) is 7.05 Å². The van der Waals surface area contributed by atoms with Gasteiger partial charge in [-0.05, 0) is 80.6 Å². The van der Waals surface area contributed by atoms with Crippen LogP contribution in [-0.2, 0) is 14.8 Å². The second-order valence-corrected chi connectivity index (χ2v) is 9.78. The molecule has 0 radical (unpaired) electrons. The molecular formula is C23H32N2O4S. The topological polar surface area (TPSA) is 75.7 Å². The number of carbonyl (C=O) groups excluding carboxylic acids is 1. The van der Waals surface area contributed by atoms with Gasteiger partial charge in [-0.1, -0.05) is 19.1 Å². The van der Waals surface area contributed by atoms with Gasteiger partial charge in [0.2, 0.25) is 10.0 Å². The molecule has 0 bridgehead atoms. The summed E-state index contributed by atoms with van der Waals surface area (Å²) in [4.78, 5) is 12.8. The maximum Gasteiger partial charge on any atom is 0.261 e. The Morgan fingerprint density at radius 2 is 1.63 bits per heavy atom. The second-order valence-electron chi connectivity index (χ2n) is 7.76. The minimum Gasteiger partial charge on any atom is -0.481 e. The predicted molar refractivity (Wildman–Crippen MR) is 122 cm³/mol. The predicted octanol–water partition coefficient (Wildman–Crippen LogP) is 4.04. The Bertz CT molecular complexity index is 1000. The molecule has 0 aliphatic rings. The van der Waals surface area contributed by atoms with Gasteiger partial charge in [0.05, 0.1) is 18.0 Å². The molecule has 2 aromatic rings. The van der Waals surface area contributed by atoms with Crippen LogP contribution in [0, 0.1) is 20.8 Å². The molecule has 0 aromatic heterocycles. The first-order chi connectivity index (χ1) is 13.9. The fraction of sp³-hybridized carbons (Fsp3) is 0.435. The van der Waals surface area contributed by atoms with Crippen molar-refractivity contribution in [2.24, 2.45) is 0 Å². The summed E-state index contributed by atoms with van der Waals surface area (Å²) >= 11 is 0. The minimum atomic E-state index is -3.33. The summed E-state index contributed by atoms with van der Waals surface area (Å²) in [5.74, 6) is 0.331. The maximum absolute atomic E-state index is 12.8. The van der Waals surface area contributed by atoms with Crippen LogP contribution in [0.15, 0.2) is 36.4 Å². The summed E-state index contributed by atoms with van der Waals surface area (Å²) < 4.78 is 30.4. The lowest BCUT2D eigenvalue weighted by molar-refractivity contribution is -0.128. The molecule has 2 rings (SSSR count). The fourth-order valence-electron chi connectivity index (χ4n) is 3.25. The average molecular weight is 433 g/mol. The van der Waals surface area contributed by atoms with Crippen molar-refractivity contribution >= 4 is 21.6 Å². The molecule has 0 spiro atoms. The Morgan fingerprint density at radius 1 is 1.07 bits per heavy atom. The first kappa shape index (κ1) is 23.7. The van der Waals surface area contributed by atoms with E-state index in [4.69, 9.17) is 4.74 Å². The highest BCUT2D eigenvalue weighted by molar-refractivity contribution is 7.92. The lowest BCUT2D eigenvalue weighted by atomic mass is 9.96. The average Bonchev–Trinajstić information content (AvgIpc) is 2.67. The second kappa shape index (κ2) is 9.51. The Balaban J connectivity index is 2.09. The zero-order valence-electron chi connectivity index (χ0n) is 18.8. The first-order valence-electron chi connectivity index (χ1n) is 10.0. The molecule has 0 aliphatic heterocycles. The van der Waals surface area contributed by atoms with Crippen molar-refractivity contribution in [3.05, 3.63) is 58.7 Å². The van der Waals surface area contributed by atoms with Crippen LogP contribution in [0.25, 0.3) is 0 Å². The van der Waals surface area contributed by atoms with Crippen LogP contribution >= 0.6 is 0 Å². The van der Waals surface area contributed by atoms with Crippen molar-refractivity contribution in [3.63, 3.8) is 0 Å². The van der Waals surface area contributed by atoms with E-state index in [-0.39, 0.29) is 11.9 Å². The molecule has 6 nitrogen and oxygen atoms in total. The number of amides is 1. The molecule has 30 heavy (non-hydrogen) atoms. The van der Waals surface area contributed by atoms with Crippen molar-refractivity contribution in [3.8, 4) is 5.75 Å². The van der Waals surface area contributed by atoms with Gasteiger partial charge in [0.15, 0.2) is 6.10 Å². The lowest BCUT2D eigenvalue weighted by Gasteiger charge is -2.23. The Hall–Kier alpha value is -2.54. The van der Waals surface area contributed by atoms with Crippen LogP contribution < -0.4 is 14.4 Å². The van der Waals surface area contributed by atoms with Gasteiger partial charge in [0.25, 0.3) is 5.91 Å². The summed E-state index contributed by atoms with van der Waals surface area (Å²) in [7, 11) is -1.84. The zero-order chi connectivity index (χ0) is 22.6. The van der Waals surface area contributed by atoms with Crippen LogP contribution in [0.3, 0.4) is 0 Å².